The van der Waals surface area contributed by atoms with Gasteiger partial charge in [0.05, 0.1) is 31.5 Å². The van der Waals surface area contributed by atoms with Gasteiger partial charge in [-0.2, -0.15) is 13.2 Å². The Morgan fingerprint density at radius 1 is 0.955 bits per heavy atom. The van der Waals surface area contributed by atoms with E-state index in [2.05, 4.69) is 40.0 Å². The first-order chi connectivity index (χ1) is 20.4. The molecule has 2 unspecified atom stereocenters. The maximum absolute atomic E-state index is 14.2. The maximum atomic E-state index is 14.2. The number of ketones is 1. The first-order valence-electron chi connectivity index (χ1n) is 14.0. The van der Waals surface area contributed by atoms with Gasteiger partial charge in [0.25, 0.3) is 0 Å². The molecular formula is C33H39F7O4. The van der Waals surface area contributed by atoms with E-state index in [9.17, 15) is 35.5 Å². The lowest BCUT2D eigenvalue weighted by Crippen LogP contribution is -2.39. The SMILES string of the molecule is C=C(C)CCC=C(C)C.C=C(C)CCOC1C=C(COCc2c(F)c(F)c(C(F)(F)F)c(F)c2F)[C@H]2CC(=O)C(C)=CC2O1. The van der Waals surface area contributed by atoms with Crippen molar-refractivity contribution in [3.8, 4) is 0 Å². The van der Waals surface area contributed by atoms with Gasteiger partial charge in [0.2, 0.25) is 0 Å². The van der Waals surface area contributed by atoms with Crippen LogP contribution in [0.15, 0.2) is 59.3 Å². The van der Waals surface area contributed by atoms with E-state index in [-0.39, 0.29) is 25.4 Å². The number of carbonyl (C=O) groups is 1. The zero-order valence-corrected chi connectivity index (χ0v) is 25.6. The Morgan fingerprint density at radius 3 is 2.07 bits per heavy atom. The van der Waals surface area contributed by atoms with Gasteiger partial charge in [0, 0.05) is 12.3 Å². The quantitative estimate of drug-likeness (QED) is 0.139. The van der Waals surface area contributed by atoms with Gasteiger partial charge in [0.1, 0.15) is 5.56 Å². The average molecular weight is 633 g/mol. The van der Waals surface area contributed by atoms with E-state index in [1.807, 2.05) is 6.92 Å². The molecule has 0 aromatic heterocycles. The van der Waals surface area contributed by atoms with Gasteiger partial charge in [-0.15, -0.1) is 13.2 Å². The molecule has 0 spiro atoms. The van der Waals surface area contributed by atoms with Gasteiger partial charge >= 0.3 is 6.18 Å². The molecule has 3 rings (SSSR count). The maximum Gasteiger partial charge on any atom is 0.422 e. The van der Waals surface area contributed by atoms with E-state index in [1.54, 1.807) is 13.0 Å². The molecule has 0 saturated heterocycles. The second kappa shape index (κ2) is 16.3. The molecule has 1 aromatic carbocycles. The smallest absolute Gasteiger partial charge is 0.372 e. The highest BCUT2D eigenvalue weighted by atomic mass is 19.4. The minimum Gasteiger partial charge on any atom is -0.372 e. The summed E-state index contributed by atoms with van der Waals surface area (Å²) in [5.74, 6) is -10.1. The summed E-state index contributed by atoms with van der Waals surface area (Å²) in [6.45, 7) is 16.3. The van der Waals surface area contributed by atoms with Crippen LogP contribution in [0, 0.1) is 29.2 Å². The number of rotatable bonds is 11. The number of benzene rings is 1. The number of hydrogen-bond donors (Lipinski definition) is 0. The summed E-state index contributed by atoms with van der Waals surface area (Å²) in [5, 5.41) is 0. The topological polar surface area (TPSA) is 44.8 Å². The fourth-order valence-corrected chi connectivity index (χ4v) is 4.42. The first kappa shape index (κ1) is 37.2. The van der Waals surface area contributed by atoms with Gasteiger partial charge in [-0.25, -0.2) is 17.6 Å². The molecule has 1 aliphatic heterocycles. The molecule has 44 heavy (non-hydrogen) atoms. The number of ether oxygens (including phenoxy) is 3. The summed E-state index contributed by atoms with van der Waals surface area (Å²) in [4.78, 5) is 12.2. The van der Waals surface area contributed by atoms with E-state index >= 15 is 0 Å². The third kappa shape index (κ3) is 10.6. The van der Waals surface area contributed by atoms with Crippen LogP contribution in [0.1, 0.15) is 71.4 Å². The fraction of sp³-hybridized carbons (Fsp3) is 0.485. The molecule has 1 heterocycles. The molecule has 0 N–H and O–H groups in total. The Morgan fingerprint density at radius 2 is 1.55 bits per heavy atom. The highest BCUT2D eigenvalue weighted by Crippen LogP contribution is 2.38. The molecule has 0 amide bonds. The lowest BCUT2D eigenvalue weighted by molar-refractivity contribution is -0.154. The van der Waals surface area contributed by atoms with Crippen molar-refractivity contribution in [2.45, 2.75) is 85.5 Å². The first-order valence-corrected chi connectivity index (χ1v) is 14.0. The van der Waals surface area contributed by atoms with Crippen molar-refractivity contribution in [3.05, 3.63) is 93.6 Å². The highest BCUT2D eigenvalue weighted by Gasteiger charge is 2.42. The normalized spacial score (nSPS) is 19.7. The molecule has 1 aromatic rings. The Bertz CT molecular complexity index is 1290. The molecule has 244 valence electrons. The van der Waals surface area contributed by atoms with Crippen LogP contribution in [-0.2, 0) is 31.8 Å². The third-order valence-corrected chi connectivity index (χ3v) is 6.86. The summed E-state index contributed by atoms with van der Waals surface area (Å²) < 4.78 is 111. The standard InChI is InChI=1S/C24H23F7O4.C9H16/c1-11(2)4-5-34-18-7-13(14-8-16(32)12(3)6-17(14)35-18)9-33-10-15-20(25)22(27)19(24(29,30)31)23(28)21(15)26;1-8(2)6-5-7-9(3)4/h6-7,14,17-18H,1,4-5,8-10H2,2-3H3;7H,1,5-6H2,2-4H3/t14-,17?,18?;/m1./s1. The van der Waals surface area contributed by atoms with E-state index < -0.39 is 65.5 Å². The Balaban J connectivity index is 0.000000651. The lowest BCUT2D eigenvalue weighted by atomic mass is 9.80. The summed E-state index contributed by atoms with van der Waals surface area (Å²) in [7, 11) is 0. The minimum atomic E-state index is -5.63. The van der Waals surface area contributed by atoms with Crippen LogP contribution >= 0.6 is 0 Å². The molecule has 1 aliphatic carbocycles. The van der Waals surface area contributed by atoms with Crippen LogP contribution in [0.25, 0.3) is 0 Å². The number of Topliss-reactive ketones (excluding diaryl/α,β-unsaturated/α-hetero) is 1. The Kier molecular flexibility index (Phi) is 13.8. The van der Waals surface area contributed by atoms with Crippen molar-refractivity contribution in [3.63, 3.8) is 0 Å². The molecule has 0 radical (unpaired) electrons. The van der Waals surface area contributed by atoms with Crippen LogP contribution in [0.2, 0.25) is 0 Å². The van der Waals surface area contributed by atoms with Crippen LogP contribution in [0.3, 0.4) is 0 Å². The second-order valence-corrected chi connectivity index (χ2v) is 11.2. The average Bonchev–Trinajstić information content (AvgIpc) is 2.89. The molecule has 0 saturated carbocycles. The molecule has 0 fully saturated rings. The number of fused-ring (bicyclic) bond motifs is 1. The van der Waals surface area contributed by atoms with E-state index in [0.29, 0.717) is 17.6 Å². The minimum absolute atomic E-state index is 0.0624. The molecule has 3 atom stereocenters. The highest BCUT2D eigenvalue weighted by molar-refractivity contribution is 5.96. The van der Waals surface area contributed by atoms with E-state index in [0.717, 1.165) is 18.4 Å². The summed E-state index contributed by atoms with van der Waals surface area (Å²) >= 11 is 0. The molecule has 11 heteroatoms. The van der Waals surface area contributed by atoms with E-state index in [1.165, 1.54) is 17.2 Å². The van der Waals surface area contributed by atoms with Gasteiger partial charge in [-0.05, 0) is 77.2 Å². The van der Waals surface area contributed by atoms with Crippen LogP contribution < -0.4 is 0 Å². The zero-order chi connectivity index (χ0) is 33.4. The second-order valence-electron chi connectivity index (χ2n) is 11.2. The number of carbonyl (C=O) groups excluding carboxylic acids is 1. The van der Waals surface area contributed by atoms with Crippen molar-refractivity contribution in [1.82, 2.24) is 0 Å². The van der Waals surface area contributed by atoms with Crippen LogP contribution in [0.4, 0.5) is 30.7 Å². The third-order valence-electron chi connectivity index (χ3n) is 6.86. The number of hydrogen-bond acceptors (Lipinski definition) is 4. The van der Waals surface area contributed by atoms with Crippen molar-refractivity contribution in [2.24, 2.45) is 5.92 Å². The Labute approximate surface area is 253 Å². The monoisotopic (exact) mass is 632 g/mol. The predicted octanol–water partition coefficient (Wildman–Crippen LogP) is 9.26. The number of halogens is 7. The van der Waals surface area contributed by atoms with Crippen molar-refractivity contribution in [1.29, 1.82) is 0 Å². The van der Waals surface area contributed by atoms with Gasteiger partial charge < -0.3 is 14.2 Å². The van der Waals surface area contributed by atoms with Crippen molar-refractivity contribution in [2.75, 3.05) is 13.2 Å². The van der Waals surface area contributed by atoms with Crippen molar-refractivity contribution >= 4 is 5.78 Å². The summed E-state index contributed by atoms with van der Waals surface area (Å²) in [6, 6.07) is 0. The molecule has 4 nitrogen and oxygen atoms in total. The molecular weight excluding hydrogens is 593 g/mol. The van der Waals surface area contributed by atoms with Crippen molar-refractivity contribution < 1.29 is 49.7 Å². The molecule has 0 bridgehead atoms. The number of allylic oxidation sites excluding steroid dienone is 4. The van der Waals surface area contributed by atoms with Gasteiger partial charge in [-0.3, -0.25) is 4.79 Å². The lowest BCUT2D eigenvalue weighted by Gasteiger charge is -2.37. The summed E-state index contributed by atoms with van der Waals surface area (Å²) in [6.07, 6.45) is 1.28. The number of alkyl halides is 3. The zero-order valence-electron chi connectivity index (χ0n) is 25.6. The van der Waals surface area contributed by atoms with E-state index in [4.69, 9.17) is 14.2 Å². The van der Waals surface area contributed by atoms with Crippen LogP contribution in [0.5, 0.6) is 0 Å². The predicted molar refractivity (Wildman–Crippen MR) is 153 cm³/mol. The summed E-state index contributed by atoms with van der Waals surface area (Å²) in [5.41, 5.74) is 0.557. The Hall–Kier alpha value is -3.02. The van der Waals surface area contributed by atoms with Gasteiger partial charge in [-0.1, -0.05) is 22.8 Å². The largest absolute Gasteiger partial charge is 0.422 e. The molecule has 2 aliphatic rings. The van der Waals surface area contributed by atoms with Gasteiger partial charge in [0.15, 0.2) is 35.3 Å². The van der Waals surface area contributed by atoms with Crippen LogP contribution in [-0.4, -0.2) is 31.4 Å². The fourth-order valence-electron chi connectivity index (χ4n) is 4.42.